The van der Waals surface area contributed by atoms with Gasteiger partial charge in [-0.2, -0.15) is 0 Å². The van der Waals surface area contributed by atoms with E-state index in [1.165, 1.54) is 19.3 Å². The van der Waals surface area contributed by atoms with Crippen molar-refractivity contribution in [2.45, 2.75) is 51.0 Å². The average Bonchev–Trinajstić information content (AvgIpc) is 2.95. The van der Waals surface area contributed by atoms with Crippen molar-refractivity contribution in [2.24, 2.45) is 11.7 Å². The quantitative estimate of drug-likeness (QED) is 0.721. The Morgan fingerprint density at radius 1 is 1.31 bits per heavy atom. The topological polar surface area (TPSA) is 46.3 Å². The highest BCUT2D eigenvalue weighted by molar-refractivity contribution is 7.80. The molecule has 0 aromatic carbocycles. The average molecular weight is 240 g/mol. The van der Waals surface area contributed by atoms with Gasteiger partial charge in [0, 0.05) is 25.4 Å². The molecular weight excluding hydrogens is 220 g/mol. The van der Waals surface area contributed by atoms with Crippen LogP contribution in [0.1, 0.15) is 44.9 Å². The Balaban J connectivity index is 1.80. The summed E-state index contributed by atoms with van der Waals surface area (Å²) >= 11 is 4.87. The molecule has 2 N–H and O–H groups in total. The SMILES string of the molecule is NC(=S)CCN(C(=O)CC1CCC1)C1CC1. The summed E-state index contributed by atoms with van der Waals surface area (Å²) in [5.74, 6) is 0.974. The van der Waals surface area contributed by atoms with Crippen LogP contribution in [-0.2, 0) is 4.79 Å². The van der Waals surface area contributed by atoms with Gasteiger partial charge in [-0.25, -0.2) is 0 Å². The number of hydrogen-bond donors (Lipinski definition) is 1. The summed E-state index contributed by atoms with van der Waals surface area (Å²) in [6.45, 7) is 0.728. The molecule has 0 aliphatic heterocycles. The minimum atomic E-state index is 0.323. The molecule has 0 bridgehead atoms. The lowest BCUT2D eigenvalue weighted by Gasteiger charge is -2.29. The van der Waals surface area contributed by atoms with Gasteiger partial charge in [-0.15, -0.1) is 0 Å². The molecule has 2 aliphatic carbocycles. The number of carbonyl (C=O) groups excluding carboxylic acids is 1. The maximum absolute atomic E-state index is 12.1. The van der Waals surface area contributed by atoms with E-state index >= 15 is 0 Å². The third-order valence-electron chi connectivity index (χ3n) is 3.60. The van der Waals surface area contributed by atoms with Gasteiger partial charge in [0.1, 0.15) is 0 Å². The fourth-order valence-corrected chi connectivity index (χ4v) is 2.28. The number of nitrogens with two attached hydrogens (primary N) is 1. The van der Waals surface area contributed by atoms with Crippen LogP contribution in [0.3, 0.4) is 0 Å². The van der Waals surface area contributed by atoms with Crippen molar-refractivity contribution >= 4 is 23.1 Å². The van der Waals surface area contributed by atoms with Gasteiger partial charge in [-0.05, 0) is 31.6 Å². The largest absolute Gasteiger partial charge is 0.393 e. The Morgan fingerprint density at radius 2 is 2.00 bits per heavy atom. The Kier molecular flexibility index (Phi) is 3.79. The molecule has 2 saturated carbocycles. The van der Waals surface area contributed by atoms with E-state index in [-0.39, 0.29) is 0 Å². The van der Waals surface area contributed by atoms with E-state index < -0.39 is 0 Å². The summed E-state index contributed by atoms with van der Waals surface area (Å²) in [5.41, 5.74) is 5.49. The Labute approximate surface area is 102 Å². The van der Waals surface area contributed by atoms with Gasteiger partial charge in [0.15, 0.2) is 0 Å². The van der Waals surface area contributed by atoms with E-state index in [9.17, 15) is 4.79 Å². The molecule has 2 aliphatic rings. The van der Waals surface area contributed by atoms with Gasteiger partial charge in [0.25, 0.3) is 0 Å². The standard InChI is InChI=1S/C12H20N2OS/c13-11(16)6-7-14(10-4-5-10)12(15)8-9-2-1-3-9/h9-10H,1-8H2,(H2,13,16). The smallest absolute Gasteiger partial charge is 0.223 e. The first kappa shape index (κ1) is 11.8. The maximum atomic E-state index is 12.1. The summed E-state index contributed by atoms with van der Waals surface area (Å²) in [4.78, 5) is 14.6. The number of rotatable bonds is 6. The molecule has 0 aromatic rings. The van der Waals surface area contributed by atoms with Crippen LogP contribution < -0.4 is 5.73 Å². The van der Waals surface area contributed by atoms with Crippen molar-refractivity contribution in [2.75, 3.05) is 6.54 Å². The number of thiocarbonyl (C=S) groups is 1. The minimum Gasteiger partial charge on any atom is -0.393 e. The first-order valence-electron chi connectivity index (χ1n) is 6.24. The van der Waals surface area contributed by atoms with Crippen molar-refractivity contribution in [3.8, 4) is 0 Å². The molecular formula is C12H20N2OS. The van der Waals surface area contributed by atoms with Gasteiger partial charge in [0.2, 0.25) is 5.91 Å². The second-order valence-electron chi connectivity index (χ2n) is 5.04. The van der Waals surface area contributed by atoms with Crippen LogP contribution in [0.15, 0.2) is 0 Å². The van der Waals surface area contributed by atoms with Gasteiger partial charge >= 0.3 is 0 Å². The van der Waals surface area contributed by atoms with Crippen molar-refractivity contribution in [1.29, 1.82) is 0 Å². The lowest BCUT2D eigenvalue weighted by atomic mass is 9.82. The molecule has 0 aromatic heterocycles. The van der Waals surface area contributed by atoms with E-state index in [1.54, 1.807) is 0 Å². The summed E-state index contributed by atoms with van der Waals surface area (Å²) in [6.07, 6.45) is 7.50. The van der Waals surface area contributed by atoms with Crippen LogP contribution in [-0.4, -0.2) is 28.4 Å². The van der Waals surface area contributed by atoms with Crippen LogP contribution in [0.2, 0.25) is 0 Å². The number of amides is 1. The fraction of sp³-hybridized carbons (Fsp3) is 0.833. The normalized spacial score (nSPS) is 20.2. The zero-order valence-electron chi connectivity index (χ0n) is 9.65. The molecule has 3 nitrogen and oxygen atoms in total. The van der Waals surface area contributed by atoms with Crippen LogP contribution in [0.4, 0.5) is 0 Å². The van der Waals surface area contributed by atoms with Crippen LogP contribution in [0, 0.1) is 5.92 Å². The molecule has 16 heavy (non-hydrogen) atoms. The molecule has 1 amide bonds. The summed E-state index contributed by atoms with van der Waals surface area (Å²) < 4.78 is 0. The van der Waals surface area contributed by atoms with Gasteiger partial charge in [0.05, 0.1) is 4.99 Å². The van der Waals surface area contributed by atoms with Crippen LogP contribution >= 0.6 is 12.2 Å². The van der Waals surface area contributed by atoms with E-state index in [4.69, 9.17) is 18.0 Å². The van der Waals surface area contributed by atoms with Gasteiger partial charge in [-0.1, -0.05) is 18.6 Å². The van der Waals surface area contributed by atoms with E-state index in [0.717, 1.165) is 25.8 Å². The lowest BCUT2D eigenvalue weighted by Crippen LogP contribution is -2.37. The molecule has 0 radical (unpaired) electrons. The zero-order chi connectivity index (χ0) is 11.5. The predicted molar refractivity (Wildman–Crippen MR) is 68.1 cm³/mol. The van der Waals surface area contributed by atoms with E-state index in [0.29, 0.717) is 29.3 Å². The first-order chi connectivity index (χ1) is 7.66. The molecule has 0 atom stereocenters. The van der Waals surface area contributed by atoms with Gasteiger partial charge < -0.3 is 10.6 Å². The molecule has 0 saturated heterocycles. The summed E-state index contributed by atoms with van der Waals surface area (Å²) in [5, 5.41) is 0. The summed E-state index contributed by atoms with van der Waals surface area (Å²) in [7, 11) is 0. The molecule has 0 spiro atoms. The third kappa shape index (κ3) is 3.17. The Hall–Kier alpha value is -0.640. The fourth-order valence-electron chi connectivity index (χ4n) is 2.19. The molecule has 2 rings (SSSR count). The summed E-state index contributed by atoms with van der Waals surface area (Å²) in [6, 6.07) is 0.488. The van der Waals surface area contributed by atoms with Crippen LogP contribution in [0.5, 0.6) is 0 Å². The molecule has 0 heterocycles. The highest BCUT2D eigenvalue weighted by atomic mass is 32.1. The van der Waals surface area contributed by atoms with E-state index in [1.807, 2.05) is 4.90 Å². The highest BCUT2D eigenvalue weighted by Gasteiger charge is 2.33. The van der Waals surface area contributed by atoms with Crippen molar-refractivity contribution < 1.29 is 4.79 Å². The second-order valence-corrected chi connectivity index (χ2v) is 5.56. The Morgan fingerprint density at radius 3 is 2.44 bits per heavy atom. The number of hydrogen-bond acceptors (Lipinski definition) is 2. The minimum absolute atomic E-state index is 0.323. The maximum Gasteiger partial charge on any atom is 0.223 e. The second kappa shape index (κ2) is 5.13. The number of carbonyl (C=O) groups is 1. The first-order valence-corrected chi connectivity index (χ1v) is 6.65. The predicted octanol–water partition coefficient (Wildman–Crippen LogP) is 1.84. The van der Waals surface area contributed by atoms with Crippen molar-refractivity contribution in [3.05, 3.63) is 0 Å². The van der Waals surface area contributed by atoms with Crippen LogP contribution in [0.25, 0.3) is 0 Å². The number of nitrogens with zero attached hydrogens (tertiary/aromatic N) is 1. The van der Waals surface area contributed by atoms with Crippen molar-refractivity contribution in [1.82, 2.24) is 4.90 Å². The van der Waals surface area contributed by atoms with E-state index in [2.05, 4.69) is 0 Å². The van der Waals surface area contributed by atoms with Crippen molar-refractivity contribution in [3.63, 3.8) is 0 Å². The molecule has 2 fully saturated rings. The zero-order valence-corrected chi connectivity index (χ0v) is 10.5. The monoisotopic (exact) mass is 240 g/mol. The van der Waals surface area contributed by atoms with Gasteiger partial charge in [-0.3, -0.25) is 4.79 Å². The highest BCUT2D eigenvalue weighted by Crippen LogP contribution is 2.33. The molecule has 90 valence electrons. The molecule has 4 heteroatoms. The molecule has 0 unspecified atom stereocenters. The Bertz CT molecular complexity index is 285. The lowest BCUT2D eigenvalue weighted by molar-refractivity contribution is -0.133. The third-order valence-corrected chi connectivity index (χ3v) is 3.80.